The van der Waals surface area contributed by atoms with Crippen LogP contribution in [0.3, 0.4) is 0 Å². The summed E-state index contributed by atoms with van der Waals surface area (Å²) in [5.74, 6) is 0.741. The van der Waals surface area contributed by atoms with Gasteiger partial charge in [-0.2, -0.15) is 0 Å². The van der Waals surface area contributed by atoms with Gasteiger partial charge in [-0.1, -0.05) is 64.9 Å². The largest absolute Gasteiger partial charge is 0.359 e. The van der Waals surface area contributed by atoms with E-state index in [1.54, 1.807) is 29.2 Å². The Labute approximate surface area is 213 Å². The van der Waals surface area contributed by atoms with Gasteiger partial charge in [-0.15, -0.1) is 0 Å². The smallest absolute Gasteiger partial charge is 0.322 e. The number of nitrogens with zero attached hydrogens (tertiary/aromatic N) is 2. The van der Waals surface area contributed by atoms with Crippen molar-refractivity contribution in [2.24, 2.45) is 0 Å². The SMILES string of the molecule is CC(C)(C)c1ccc(NC(=O)N2CCc3cc(S(=O)(=O)Nc4cc(C(C)(C)C)on4)ccc3C2)cc1. The number of benzene rings is 2. The van der Waals surface area contributed by atoms with Gasteiger partial charge in [0.15, 0.2) is 5.82 Å². The van der Waals surface area contributed by atoms with Crippen LogP contribution in [0.25, 0.3) is 0 Å². The molecule has 9 heteroatoms. The molecule has 192 valence electrons. The summed E-state index contributed by atoms with van der Waals surface area (Å²) in [6, 6.07) is 14.3. The third-order valence-corrected chi connectivity index (χ3v) is 7.63. The zero-order chi connectivity index (χ0) is 26.3. The molecule has 0 fully saturated rings. The van der Waals surface area contributed by atoms with Crippen LogP contribution in [0, 0.1) is 0 Å². The molecule has 2 aromatic carbocycles. The molecule has 0 saturated carbocycles. The fourth-order valence-electron chi connectivity index (χ4n) is 4.00. The number of rotatable bonds is 4. The molecule has 4 rings (SSSR count). The number of fused-ring (bicyclic) bond motifs is 1. The van der Waals surface area contributed by atoms with E-state index in [4.69, 9.17) is 4.52 Å². The first-order chi connectivity index (χ1) is 16.7. The van der Waals surface area contributed by atoms with Crippen LogP contribution in [0.1, 0.15) is 64.0 Å². The van der Waals surface area contributed by atoms with Crippen LogP contribution in [0.2, 0.25) is 0 Å². The Morgan fingerprint density at radius 1 is 0.944 bits per heavy atom. The monoisotopic (exact) mass is 510 g/mol. The lowest BCUT2D eigenvalue weighted by Crippen LogP contribution is -2.39. The van der Waals surface area contributed by atoms with Crippen LogP contribution in [-0.2, 0) is 33.8 Å². The number of amides is 2. The maximum absolute atomic E-state index is 12.9. The Bertz CT molecular complexity index is 1360. The molecular weight excluding hydrogens is 476 g/mol. The number of anilines is 2. The second-order valence-electron chi connectivity index (χ2n) is 11.3. The lowest BCUT2D eigenvalue weighted by Gasteiger charge is -2.29. The second kappa shape index (κ2) is 9.28. The maximum atomic E-state index is 12.9. The first-order valence-electron chi connectivity index (χ1n) is 12.0. The van der Waals surface area contributed by atoms with Crippen molar-refractivity contribution >= 4 is 27.6 Å². The van der Waals surface area contributed by atoms with Gasteiger partial charge in [0, 0.05) is 30.3 Å². The van der Waals surface area contributed by atoms with Crippen molar-refractivity contribution < 1.29 is 17.7 Å². The first-order valence-corrected chi connectivity index (χ1v) is 13.5. The van der Waals surface area contributed by atoms with Gasteiger partial charge in [0.1, 0.15) is 5.76 Å². The van der Waals surface area contributed by atoms with Gasteiger partial charge >= 0.3 is 6.03 Å². The molecule has 1 aliphatic heterocycles. The minimum Gasteiger partial charge on any atom is -0.359 e. The molecule has 2 N–H and O–H groups in total. The van der Waals surface area contributed by atoms with Gasteiger partial charge in [-0.3, -0.25) is 4.72 Å². The van der Waals surface area contributed by atoms with Crippen LogP contribution in [0.5, 0.6) is 0 Å². The van der Waals surface area contributed by atoms with Crippen LogP contribution in [0.15, 0.2) is 57.9 Å². The average Bonchev–Trinajstić information content (AvgIpc) is 3.26. The highest BCUT2D eigenvalue weighted by molar-refractivity contribution is 7.92. The zero-order valence-corrected chi connectivity index (χ0v) is 22.5. The molecule has 2 heterocycles. The normalized spacial score (nSPS) is 14.3. The molecule has 0 unspecified atom stereocenters. The Morgan fingerprint density at radius 3 is 2.25 bits per heavy atom. The van der Waals surface area contributed by atoms with E-state index in [0.717, 1.165) is 16.8 Å². The minimum atomic E-state index is -3.83. The number of aromatic nitrogens is 1. The highest BCUT2D eigenvalue weighted by atomic mass is 32.2. The summed E-state index contributed by atoms with van der Waals surface area (Å²) in [6.07, 6.45) is 0.563. The quantitative estimate of drug-likeness (QED) is 0.471. The topological polar surface area (TPSA) is 105 Å². The molecule has 1 aliphatic rings. The van der Waals surface area contributed by atoms with Crippen molar-refractivity contribution in [1.29, 1.82) is 0 Å². The predicted octanol–water partition coefficient (Wildman–Crippen LogP) is 5.66. The molecule has 3 aromatic rings. The van der Waals surface area contributed by atoms with Gasteiger partial charge in [0.05, 0.1) is 4.90 Å². The fraction of sp³-hybridized carbons (Fsp3) is 0.407. The minimum absolute atomic E-state index is 0.0470. The molecule has 2 amide bonds. The highest BCUT2D eigenvalue weighted by Gasteiger charge is 2.25. The van der Waals surface area contributed by atoms with Crippen LogP contribution in [-0.4, -0.2) is 31.1 Å². The van der Waals surface area contributed by atoms with E-state index in [0.29, 0.717) is 25.3 Å². The van der Waals surface area contributed by atoms with Crippen LogP contribution in [0.4, 0.5) is 16.3 Å². The summed E-state index contributed by atoms with van der Waals surface area (Å²) >= 11 is 0. The van der Waals surface area contributed by atoms with E-state index in [2.05, 4.69) is 36.0 Å². The number of carbonyl (C=O) groups is 1. The van der Waals surface area contributed by atoms with Gasteiger partial charge in [-0.25, -0.2) is 13.2 Å². The van der Waals surface area contributed by atoms with Crippen molar-refractivity contribution in [3.63, 3.8) is 0 Å². The maximum Gasteiger partial charge on any atom is 0.322 e. The summed E-state index contributed by atoms with van der Waals surface area (Å²) in [7, 11) is -3.83. The summed E-state index contributed by atoms with van der Waals surface area (Å²) in [6.45, 7) is 13.2. The molecule has 1 aromatic heterocycles. The summed E-state index contributed by atoms with van der Waals surface area (Å²) in [4.78, 5) is 14.7. The lowest BCUT2D eigenvalue weighted by atomic mass is 9.87. The molecule has 0 radical (unpaired) electrons. The van der Waals surface area contributed by atoms with Gasteiger partial charge in [-0.05, 0) is 52.8 Å². The Balaban J connectivity index is 1.42. The van der Waals surface area contributed by atoms with E-state index in [9.17, 15) is 13.2 Å². The van der Waals surface area contributed by atoms with Gasteiger partial charge in [0.2, 0.25) is 0 Å². The summed E-state index contributed by atoms with van der Waals surface area (Å²) < 4.78 is 33.7. The number of sulfonamides is 1. The van der Waals surface area contributed by atoms with E-state index in [-0.39, 0.29) is 27.6 Å². The van der Waals surface area contributed by atoms with E-state index >= 15 is 0 Å². The van der Waals surface area contributed by atoms with Gasteiger partial charge in [0.25, 0.3) is 10.0 Å². The number of hydrogen-bond donors (Lipinski definition) is 2. The molecule has 0 spiro atoms. The van der Waals surface area contributed by atoms with Crippen molar-refractivity contribution in [2.45, 2.75) is 70.2 Å². The summed E-state index contributed by atoms with van der Waals surface area (Å²) in [5.41, 5.74) is 3.54. The molecule has 36 heavy (non-hydrogen) atoms. The van der Waals surface area contributed by atoms with Crippen molar-refractivity contribution in [3.8, 4) is 0 Å². The molecule has 8 nitrogen and oxygen atoms in total. The molecule has 0 atom stereocenters. The van der Waals surface area contributed by atoms with Gasteiger partial charge < -0.3 is 14.7 Å². The number of hydrogen-bond acceptors (Lipinski definition) is 5. The van der Waals surface area contributed by atoms with E-state index < -0.39 is 10.0 Å². The number of carbonyl (C=O) groups excluding carboxylic acids is 1. The van der Waals surface area contributed by atoms with Crippen molar-refractivity contribution in [1.82, 2.24) is 10.1 Å². The first kappa shape index (κ1) is 25.8. The second-order valence-corrected chi connectivity index (χ2v) is 13.0. The average molecular weight is 511 g/mol. The lowest BCUT2D eigenvalue weighted by molar-refractivity contribution is 0.206. The molecule has 0 aliphatic carbocycles. The Kier molecular flexibility index (Phi) is 6.64. The predicted molar refractivity (Wildman–Crippen MR) is 141 cm³/mol. The fourth-order valence-corrected chi connectivity index (χ4v) is 5.03. The van der Waals surface area contributed by atoms with Crippen LogP contribution >= 0.6 is 0 Å². The van der Waals surface area contributed by atoms with E-state index in [1.165, 1.54) is 5.56 Å². The van der Waals surface area contributed by atoms with Crippen molar-refractivity contribution in [2.75, 3.05) is 16.6 Å². The molecule has 0 bridgehead atoms. The Morgan fingerprint density at radius 2 is 1.64 bits per heavy atom. The highest BCUT2D eigenvalue weighted by Crippen LogP contribution is 2.28. The van der Waals surface area contributed by atoms with Crippen molar-refractivity contribution in [3.05, 3.63) is 71.0 Å². The molecule has 0 saturated heterocycles. The third kappa shape index (κ3) is 5.73. The number of urea groups is 1. The molecular formula is C27H34N4O4S. The Hall–Kier alpha value is -3.33. The third-order valence-electron chi connectivity index (χ3n) is 6.28. The van der Waals surface area contributed by atoms with Crippen LogP contribution < -0.4 is 10.0 Å². The van der Waals surface area contributed by atoms with E-state index in [1.807, 2.05) is 45.0 Å². The summed E-state index contributed by atoms with van der Waals surface area (Å²) in [5, 5.41) is 6.81. The number of nitrogens with one attached hydrogen (secondary N) is 2. The zero-order valence-electron chi connectivity index (χ0n) is 21.7. The standard InChI is InChI=1S/C27H34N4O4S/c1-26(2,3)20-8-10-21(11-9-20)28-25(32)31-14-13-18-15-22(12-7-19(18)17-31)36(33,34)30-24-16-23(35-29-24)27(4,5)6/h7-12,15-16H,13-14,17H2,1-6H3,(H,28,32)(H,29,30).